The van der Waals surface area contributed by atoms with Crippen molar-refractivity contribution in [1.82, 2.24) is 5.32 Å². The summed E-state index contributed by atoms with van der Waals surface area (Å²) in [5, 5.41) is 2.99. The first-order valence-electron chi connectivity index (χ1n) is 4.56. The van der Waals surface area contributed by atoms with Crippen LogP contribution in [0.4, 0.5) is 13.2 Å². The largest absolute Gasteiger partial charge is 0.411 e. The van der Waals surface area contributed by atoms with Crippen molar-refractivity contribution < 1.29 is 17.9 Å². The van der Waals surface area contributed by atoms with Gasteiger partial charge in [-0.3, -0.25) is 0 Å². The molecular formula is C9H18F3NO. The Bertz CT molecular complexity index is 157. The molecule has 5 heteroatoms. The summed E-state index contributed by atoms with van der Waals surface area (Å²) in [6.45, 7) is 3.74. The first-order valence-corrected chi connectivity index (χ1v) is 4.56. The average Bonchev–Trinajstić information content (AvgIpc) is 1.96. The molecule has 0 spiro atoms. The lowest BCUT2D eigenvalue weighted by Gasteiger charge is -2.24. The molecule has 0 heterocycles. The summed E-state index contributed by atoms with van der Waals surface area (Å²) in [6.07, 6.45) is -3.60. The van der Waals surface area contributed by atoms with E-state index in [-0.39, 0.29) is 12.0 Å². The van der Waals surface area contributed by atoms with Crippen molar-refractivity contribution in [3.05, 3.63) is 0 Å². The lowest BCUT2D eigenvalue weighted by molar-refractivity contribution is -0.175. The molecule has 14 heavy (non-hydrogen) atoms. The van der Waals surface area contributed by atoms with Gasteiger partial charge in [0.25, 0.3) is 0 Å². The van der Waals surface area contributed by atoms with Crippen molar-refractivity contribution in [2.24, 2.45) is 5.41 Å². The topological polar surface area (TPSA) is 21.3 Å². The Labute approximate surface area is 82.8 Å². The number of hydrogen-bond acceptors (Lipinski definition) is 2. The van der Waals surface area contributed by atoms with Crippen molar-refractivity contribution in [3.63, 3.8) is 0 Å². The molecule has 0 aliphatic heterocycles. The molecule has 0 amide bonds. The van der Waals surface area contributed by atoms with Crippen LogP contribution in [0, 0.1) is 5.41 Å². The Balaban J connectivity index is 3.54. The average molecular weight is 213 g/mol. The molecule has 0 aliphatic rings. The molecular weight excluding hydrogens is 195 g/mol. The molecule has 0 fully saturated rings. The van der Waals surface area contributed by atoms with Gasteiger partial charge in [-0.25, -0.2) is 0 Å². The highest BCUT2D eigenvalue weighted by Gasteiger charge is 2.27. The van der Waals surface area contributed by atoms with E-state index in [2.05, 4.69) is 10.1 Å². The number of alkyl halides is 3. The van der Waals surface area contributed by atoms with E-state index >= 15 is 0 Å². The Kier molecular flexibility index (Phi) is 5.44. The smallest absolute Gasteiger partial charge is 0.372 e. The van der Waals surface area contributed by atoms with E-state index in [0.29, 0.717) is 6.42 Å². The van der Waals surface area contributed by atoms with Crippen LogP contribution in [0.1, 0.15) is 20.3 Å². The highest BCUT2D eigenvalue weighted by molar-refractivity contribution is 4.70. The van der Waals surface area contributed by atoms with Crippen LogP contribution in [-0.4, -0.2) is 33.0 Å². The second kappa shape index (κ2) is 5.56. The lowest BCUT2D eigenvalue weighted by Crippen LogP contribution is -2.28. The van der Waals surface area contributed by atoms with E-state index in [4.69, 9.17) is 0 Å². The number of halogens is 3. The fraction of sp³-hybridized carbons (Fsp3) is 1.00. The molecule has 0 aliphatic carbocycles. The summed E-state index contributed by atoms with van der Waals surface area (Å²) in [7, 11) is 1.82. The van der Waals surface area contributed by atoms with Crippen molar-refractivity contribution in [2.45, 2.75) is 26.4 Å². The second-order valence-corrected chi connectivity index (χ2v) is 4.11. The molecule has 2 nitrogen and oxygen atoms in total. The highest BCUT2D eigenvalue weighted by atomic mass is 19.4. The van der Waals surface area contributed by atoms with Crippen molar-refractivity contribution in [3.8, 4) is 0 Å². The van der Waals surface area contributed by atoms with Crippen LogP contribution in [0.5, 0.6) is 0 Å². The maximum Gasteiger partial charge on any atom is 0.411 e. The predicted octanol–water partition coefficient (Wildman–Crippen LogP) is 2.20. The van der Waals surface area contributed by atoms with Gasteiger partial charge in [0, 0.05) is 13.2 Å². The van der Waals surface area contributed by atoms with Crippen LogP contribution in [0.25, 0.3) is 0 Å². The maximum absolute atomic E-state index is 11.7. The van der Waals surface area contributed by atoms with Gasteiger partial charge in [0.2, 0.25) is 0 Å². The first-order chi connectivity index (χ1) is 6.27. The molecule has 0 aromatic heterocycles. The zero-order valence-electron chi connectivity index (χ0n) is 8.87. The Morgan fingerprint density at radius 3 is 2.21 bits per heavy atom. The van der Waals surface area contributed by atoms with Crippen molar-refractivity contribution in [1.29, 1.82) is 0 Å². The Hall–Kier alpha value is -0.290. The fourth-order valence-electron chi connectivity index (χ4n) is 1.10. The van der Waals surface area contributed by atoms with Gasteiger partial charge in [-0.15, -0.1) is 0 Å². The normalized spacial score (nSPS) is 13.3. The monoisotopic (exact) mass is 213 g/mol. The Morgan fingerprint density at radius 2 is 1.79 bits per heavy atom. The lowest BCUT2D eigenvalue weighted by atomic mass is 9.90. The SMILES string of the molecule is CNCC(C)(C)CCOCC(F)(F)F. The number of rotatable bonds is 6. The molecule has 0 bridgehead atoms. The molecule has 0 saturated heterocycles. The van der Waals surface area contributed by atoms with Crippen molar-refractivity contribution in [2.75, 3.05) is 26.8 Å². The van der Waals surface area contributed by atoms with Gasteiger partial charge in [0.15, 0.2) is 0 Å². The molecule has 0 atom stereocenters. The third-order valence-corrected chi connectivity index (χ3v) is 1.84. The van der Waals surface area contributed by atoms with Gasteiger partial charge in [-0.05, 0) is 18.9 Å². The van der Waals surface area contributed by atoms with E-state index in [1.807, 2.05) is 20.9 Å². The summed E-state index contributed by atoms with van der Waals surface area (Å²) in [4.78, 5) is 0. The summed E-state index contributed by atoms with van der Waals surface area (Å²) in [5.74, 6) is 0. The predicted molar refractivity (Wildman–Crippen MR) is 49.2 cm³/mol. The molecule has 0 rings (SSSR count). The quantitative estimate of drug-likeness (QED) is 0.683. The zero-order chi connectivity index (χ0) is 11.2. The van der Waals surface area contributed by atoms with Crippen LogP contribution < -0.4 is 5.32 Å². The molecule has 86 valence electrons. The molecule has 0 saturated carbocycles. The standard InChI is InChI=1S/C9H18F3NO/c1-8(2,6-13-3)4-5-14-7-9(10,11)12/h13H,4-7H2,1-3H3. The molecule has 0 radical (unpaired) electrons. The van der Waals surface area contributed by atoms with Crippen LogP contribution in [-0.2, 0) is 4.74 Å². The highest BCUT2D eigenvalue weighted by Crippen LogP contribution is 2.20. The number of hydrogen-bond donors (Lipinski definition) is 1. The van der Waals surface area contributed by atoms with Gasteiger partial charge < -0.3 is 10.1 Å². The molecule has 0 unspecified atom stereocenters. The van der Waals surface area contributed by atoms with Gasteiger partial charge in [0.05, 0.1) is 0 Å². The van der Waals surface area contributed by atoms with Gasteiger partial charge in [-0.1, -0.05) is 13.8 Å². The summed E-state index contributed by atoms with van der Waals surface area (Å²) in [5.41, 5.74) is -0.0274. The second-order valence-electron chi connectivity index (χ2n) is 4.11. The van der Waals surface area contributed by atoms with Gasteiger partial charge >= 0.3 is 6.18 Å². The van der Waals surface area contributed by atoms with E-state index < -0.39 is 12.8 Å². The minimum atomic E-state index is -4.22. The third kappa shape index (κ3) is 8.31. The van der Waals surface area contributed by atoms with Crippen LogP contribution >= 0.6 is 0 Å². The van der Waals surface area contributed by atoms with E-state index in [0.717, 1.165) is 6.54 Å². The summed E-state index contributed by atoms with van der Waals surface area (Å²) >= 11 is 0. The fourth-order valence-corrected chi connectivity index (χ4v) is 1.10. The van der Waals surface area contributed by atoms with Gasteiger partial charge in [0.1, 0.15) is 6.61 Å². The zero-order valence-corrected chi connectivity index (χ0v) is 8.87. The van der Waals surface area contributed by atoms with Gasteiger partial charge in [-0.2, -0.15) is 13.2 Å². The molecule has 1 N–H and O–H groups in total. The minimum Gasteiger partial charge on any atom is -0.372 e. The van der Waals surface area contributed by atoms with Crippen molar-refractivity contribution >= 4 is 0 Å². The molecule has 0 aromatic rings. The number of ether oxygens (including phenoxy) is 1. The first kappa shape index (κ1) is 13.7. The molecule has 0 aromatic carbocycles. The van der Waals surface area contributed by atoms with Crippen LogP contribution in [0.2, 0.25) is 0 Å². The van der Waals surface area contributed by atoms with E-state index in [1.54, 1.807) is 0 Å². The Morgan fingerprint density at radius 1 is 1.21 bits per heavy atom. The van der Waals surface area contributed by atoms with Crippen LogP contribution in [0.15, 0.2) is 0 Å². The third-order valence-electron chi connectivity index (χ3n) is 1.84. The minimum absolute atomic E-state index is 0.0274. The number of nitrogens with one attached hydrogen (secondary N) is 1. The maximum atomic E-state index is 11.7. The summed E-state index contributed by atoms with van der Waals surface area (Å²) in [6, 6.07) is 0. The van der Waals surface area contributed by atoms with E-state index in [9.17, 15) is 13.2 Å². The van der Waals surface area contributed by atoms with Crippen LogP contribution in [0.3, 0.4) is 0 Å². The van der Waals surface area contributed by atoms with E-state index in [1.165, 1.54) is 0 Å². The summed E-state index contributed by atoms with van der Waals surface area (Å²) < 4.78 is 39.6.